The second-order valence-corrected chi connectivity index (χ2v) is 7.36. The molecule has 1 aromatic heterocycles. The maximum Gasteiger partial charge on any atom is 0.0954 e. The number of hydrogen-bond acceptors (Lipinski definition) is 4. The lowest BCUT2D eigenvalue weighted by atomic mass is 9.77. The van der Waals surface area contributed by atoms with E-state index < -0.39 is 0 Å². The molecular weight excluding hydrogens is 278 g/mol. The Kier molecular flexibility index (Phi) is 4.88. The van der Waals surface area contributed by atoms with Gasteiger partial charge >= 0.3 is 0 Å². The molecule has 0 saturated heterocycles. The van der Waals surface area contributed by atoms with Crippen molar-refractivity contribution in [2.24, 2.45) is 17.7 Å². The van der Waals surface area contributed by atoms with E-state index in [1.807, 2.05) is 0 Å². The van der Waals surface area contributed by atoms with Crippen LogP contribution < -0.4 is 11.3 Å². The van der Waals surface area contributed by atoms with E-state index in [0.717, 1.165) is 17.9 Å². The second kappa shape index (κ2) is 6.86. The average molecular weight is 303 g/mol. The molecule has 1 fully saturated rings. The minimum absolute atomic E-state index is 0.364. The van der Waals surface area contributed by atoms with Crippen molar-refractivity contribution in [1.29, 1.82) is 0 Å². The molecule has 0 radical (unpaired) electrons. The Morgan fingerprint density at radius 3 is 2.71 bits per heavy atom. The van der Waals surface area contributed by atoms with E-state index in [-0.39, 0.29) is 0 Å². The fourth-order valence-corrected chi connectivity index (χ4v) is 4.58. The lowest BCUT2D eigenvalue weighted by molar-refractivity contribution is 0.217. The van der Waals surface area contributed by atoms with Gasteiger partial charge in [-0.2, -0.15) is 0 Å². The molecule has 3 N–H and O–H groups in total. The average Bonchev–Trinajstić information content (AvgIpc) is 2.95. The van der Waals surface area contributed by atoms with Gasteiger partial charge in [-0.3, -0.25) is 11.3 Å². The van der Waals surface area contributed by atoms with E-state index in [9.17, 15) is 0 Å². The zero-order chi connectivity index (χ0) is 14.7. The van der Waals surface area contributed by atoms with Gasteiger partial charge in [0.25, 0.3) is 0 Å². The van der Waals surface area contributed by atoms with Gasteiger partial charge in [-0.25, -0.2) is 4.98 Å². The number of nitrogens with one attached hydrogen (secondary N) is 1. The van der Waals surface area contributed by atoms with Crippen molar-refractivity contribution >= 4 is 21.6 Å². The van der Waals surface area contributed by atoms with Gasteiger partial charge in [0.2, 0.25) is 0 Å². The van der Waals surface area contributed by atoms with Crippen LogP contribution in [0.25, 0.3) is 10.2 Å². The molecule has 1 saturated carbocycles. The van der Waals surface area contributed by atoms with E-state index in [2.05, 4.69) is 36.6 Å². The molecule has 1 aromatic carbocycles. The number of aromatic nitrogens is 1. The van der Waals surface area contributed by atoms with Crippen LogP contribution in [-0.4, -0.2) is 11.0 Å². The van der Waals surface area contributed by atoms with Crippen molar-refractivity contribution in [2.45, 2.75) is 51.5 Å². The summed E-state index contributed by atoms with van der Waals surface area (Å²) < 4.78 is 1.28. The van der Waals surface area contributed by atoms with Gasteiger partial charge in [0.15, 0.2) is 0 Å². The fraction of sp³-hybridized carbons (Fsp3) is 0.588. The molecule has 21 heavy (non-hydrogen) atoms. The number of hydrogen-bond donors (Lipinski definition) is 2. The third-order valence-corrected chi connectivity index (χ3v) is 6.04. The van der Waals surface area contributed by atoms with E-state index >= 15 is 0 Å². The topological polar surface area (TPSA) is 50.9 Å². The molecule has 1 heterocycles. The van der Waals surface area contributed by atoms with E-state index in [0.29, 0.717) is 12.0 Å². The number of hydrazine groups is 1. The Balaban J connectivity index is 1.66. The Bertz CT molecular complexity index is 539. The van der Waals surface area contributed by atoms with Crippen LogP contribution in [-0.2, 0) is 6.42 Å². The van der Waals surface area contributed by atoms with Gasteiger partial charge in [0.1, 0.15) is 0 Å². The highest BCUT2D eigenvalue weighted by Gasteiger charge is 2.27. The molecule has 1 aliphatic carbocycles. The number of nitrogens with zero attached hydrogens (tertiary/aromatic N) is 1. The molecular formula is C17H25N3S. The number of thiazole rings is 1. The molecule has 2 aromatic rings. The summed E-state index contributed by atoms with van der Waals surface area (Å²) in [6.45, 7) is 2.31. The van der Waals surface area contributed by atoms with Crippen LogP contribution in [0.3, 0.4) is 0 Å². The van der Waals surface area contributed by atoms with Crippen molar-refractivity contribution in [3.63, 3.8) is 0 Å². The normalized spacial score (nSPS) is 24.3. The second-order valence-electron chi connectivity index (χ2n) is 6.24. The summed E-state index contributed by atoms with van der Waals surface area (Å²) in [6, 6.07) is 8.73. The Morgan fingerprint density at radius 2 is 2.05 bits per heavy atom. The summed E-state index contributed by atoms with van der Waals surface area (Å²) in [5.74, 6) is 7.47. The van der Waals surface area contributed by atoms with E-state index in [1.165, 1.54) is 41.8 Å². The highest BCUT2D eigenvalue weighted by Crippen LogP contribution is 2.34. The summed E-state index contributed by atoms with van der Waals surface area (Å²) >= 11 is 1.80. The van der Waals surface area contributed by atoms with Crippen LogP contribution >= 0.6 is 11.3 Å². The molecule has 1 aliphatic rings. The SMILES string of the molecule is CCC1CCC(C(Cc2nc3ccccc3s2)NN)CC1. The van der Waals surface area contributed by atoms with Crippen LogP contribution in [0.1, 0.15) is 44.0 Å². The number of rotatable bonds is 5. The number of benzene rings is 1. The van der Waals surface area contributed by atoms with Crippen LogP contribution in [0.15, 0.2) is 24.3 Å². The largest absolute Gasteiger partial charge is 0.271 e. The van der Waals surface area contributed by atoms with Gasteiger partial charge < -0.3 is 0 Å². The van der Waals surface area contributed by atoms with Crippen LogP contribution in [0.4, 0.5) is 0 Å². The third-order valence-electron chi connectivity index (χ3n) is 4.98. The molecule has 4 heteroatoms. The summed E-state index contributed by atoms with van der Waals surface area (Å²) in [5, 5.41) is 1.21. The third kappa shape index (κ3) is 3.44. The summed E-state index contributed by atoms with van der Waals surface area (Å²) in [5.41, 5.74) is 4.18. The van der Waals surface area contributed by atoms with Gasteiger partial charge in [0, 0.05) is 12.5 Å². The molecule has 0 spiro atoms. The standard InChI is InChI=1S/C17H25N3S/c1-2-12-7-9-13(10-8-12)15(20-18)11-17-19-14-5-3-4-6-16(14)21-17/h3-6,12-13,15,20H,2,7-11,18H2,1H3. The molecule has 0 amide bonds. The zero-order valence-corrected chi connectivity index (χ0v) is 13.5. The van der Waals surface area contributed by atoms with E-state index in [1.54, 1.807) is 11.3 Å². The lowest BCUT2D eigenvalue weighted by Crippen LogP contribution is -2.43. The fourth-order valence-electron chi connectivity index (χ4n) is 3.56. The van der Waals surface area contributed by atoms with Crippen LogP contribution in [0.2, 0.25) is 0 Å². The predicted molar refractivity (Wildman–Crippen MR) is 90.2 cm³/mol. The first-order chi connectivity index (χ1) is 10.3. The number of para-hydroxylation sites is 1. The first-order valence-electron chi connectivity index (χ1n) is 8.10. The van der Waals surface area contributed by atoms with Crippen molar-refractivity contribution in [2.75, 3.05) is 0 Å². The molecule has 0 aliphatic heterocycles. The minimum atomic E-state index is 0.364. The summed E-state index contributed by atoms with van der Waals surface area (Å²) in [7, 11) is 0. The first-order valence-corrected chi connectivity index (χ1v) is 8.92. The molecule has 1 unspecified atom stereocenters. The highest BCUT2D eigenvalue weighted by atomic mass is 32.1. The first kappa shape index (κ1) is 14.9. The maximum atomic E-state index is 5.84. The van der Waals surface area contributed by atoms with Crippen LogP contribution in [0.5, 0.6) is 0 Å². The van der Waals surface area contributed by atoms with Crippen molar-refractivity contribution < 1.29 is 0 Å². The smallest absolute Gasteiger partial charge is 0.0954 e. The minimum Gasteiger partial charge on any atom is -0.271 e. The van der Waals surface area contributed by atoms with Crippen LogP contribution in [0, 0.1) is 11.8 Å². The Hall–Kier alpha value is -0.970. The van der Waals surface area contributed by atoms with Gasteiger partial charge in [-0.1, -0.05) is 38.3 Å². The van der Waals surface area contributed by atoms with Crippen molar-refractivity contribution in [3.8, 4) is 0 Å². The van der Waals surface area contributed by atoms with E-state index in [4.69, 9.17) is 10.8 Å². The molecule has 0 bridgehead atoms. The van der Waals surface area contributed by atoms with Gasteiger partial charge in [0.05, 0.1) is 15.2 Å². The van der Waals surface area contributed by atoms with Gasteiger partial charge in [-0.05, 0) is 36.8 Å². The van der Waals surface area contributed by atoms with Crippen molar-refractivity contribution in [3.05, 3.63) is 29.3 Å². The molecule has 3 rings (SSSR count). The quantitative estimate of drug-likeness (QED) is 0.651. The zero-order valence-electron chi connectivity index (χ0n) is 12.7. The highest BCUT2D eigenvalue weighted by molar-refractivity contribution is 7.18. The molecule has 3 nitrogen and oxygen atoms in total. The summed E-state index contributed by atoms with van der Waals surface area (Å²) in [4.78, 5) is 4.75. The molecule has 114 valence electrons. The molecule has 1 atom stereocenters. The monoisotopic (exact) mass is 303 g/mol. The maximum absolute atomic E-state index is 5.84. The van der Waals surface area contributed by atoms with Crippen molar-refractivity contribution in [1.82, 2.24) is 10.4 Å². The Labute approximate surface area is 130 Å². The number of nitrogens with two attached hydrogens (primary N) is 1. The summed E-state index contributed by atoms with van der Waals surface area (Å²) in [6.07, 6.45) is 7.61. The van der Waals surface area contributed by atoms with Gasteiger partial charge in [-0.15, -0.1) is 11.3 Å². The Morgan fingerprint density at radius 1 is 1.29 bits per heavy atom. The lowest BCUT2D eigenvalue weighted by Gasteiger charge is -2.33. The number of fused-ring (bicyclic) bond motifs is 1. The predicted octanol–water partition coefficient (Wildman–Crippen LogP) is 3.89.